The van der Waals surface area contributed by atoms with Crippen molar-refractivity contribution in [1.29, 1.82) is 0 Å². The van der Waals surface area contributed by atoms with Gasteiger partial charge in [0.05, 0.1) is 0 Å². The molecule has 0 amide bonds. The maximum absolute atomic E-state index is 5.93. The third-order valence-electron chi connectivity index (χ3n) is 2.16. The van der Waals surface area contributed by atoms with Crippen LogP contribution >= 0.6 is 39.3 Å². The molecule has 0 spiro atoms. The first-order valence-corrected chi connectivity index (χ1v) is 7.27. The van der Waals surface area contributed by atoms with Gasteiger partial charge in [-0.25, -0.2) is 0 Å². The van der Waals surface area contributed by atoms with E-state index in [0.29, 0.717) is 5.25 Å². The molecule has 0 saturated carbocycles. The predicted molar refractivity (Wildman–Crippen MR) is 73.8 cm³/mol. The fourth-order valence-corrected chi connectivity index (χ4v) is 2.04. The summed E-state index contributed by atoms with van der Waals surface area (Å²) in [4.78, 5) is 0. The maximum atomic E-state index is 5.93. The van der Waals surface area contributed by atoms with E-state index in [-0.39, 0.29) is 0 Å². The number of benzene rings is 1. The number of rotatable bonds is 5. The molecule has 15 heavy (non-hydrogen) atoms. The monoisotopic (exact) mass is 307 g/mol. The summed E-state index contributed by atoms with van der Waals surface area (Å²) in [5, 5.41) is 4.84. The molecule has 0 radical (unpaired) electrons. The van der Waals surface area contributed by atoms with E-state index in [1.165, 1.54) is 5.56 Å². The summed E-state index contributed by atoms with van der Waals surface area (Å²) in [5.74, 6) is 0. The Bertz CT molecular complexity index is 319. The molecule has 0 aliphatic rings. The average Bonchev–Trinajstić information content (AvgIpc) is 2.23. The molecule has 1 atom stereocenters. The van der Waals surface area contributed by atoms with Crippen molar-refractivity contribution in [2.24, 2.45) is 0 Å². The quantitative estimate of drug-likeness (QED) is 0.884. The highest BCUT2D eigenvalue weighted by Gasteiger charge is 2.02. The summed E-state index contributed by atoms with van der Waals surface area (Å²) in [6.45, 7) is 4.08. The fraction of sp³-hybridized carbons (Fsp3) is 0.455. The highest BCUT2D eigenvalue weighted by Crippen LogP contribution is 2.20. The molecule has 0 fully saturated rings. The Labute approximate surface area is 109 Å². The Hall–Kier alpha value is 0.300. The van der Waals surface area contributed by atoms with Crippen LogP contribution < -0.4 is 5.32 Å². The lowest BCUT2D eigenvalue weighted by Crippen LogP contribution is -2.22. The summed E-state index contributed by atoms with van der Waals surface area (Å²) >= 11 is 11.3. The second-order valence-electron chi connectivity index (χ2n) is 3.41. The number of hydrogen-bond donors (Lipinski definition) is 1. The van der Waals surface area contributed by atoms with Crippen molar-refractivity contribution in [2.75, 3.05) is 12.8 Å². The minimum absolute atomic E-state index is 0.642. The standard InChI is InChI=1S/C11H15BrClNS/c1-8(15-2)6-14-7-9-5-10(13)3-4-11(9)12/h3-5,8,14H,6-7H2,1-2H3. The van der Waals surface area contributed by atoms with Gasteiger partial charge in [-0.1, -0.05) is 34.5 Å². The van der Waals surface area contributed by atoms with Crippen molar-refractivity contribution in [3.63, 3.8) is 0 Å². The highest BCUT2D eigenvalue weighted by molar-refractivity contribution is 9.10. The molecule has 0 aliphatic heterocycles. The van der Waals surface area contributed by atoms with Crippen molar-refractivity contribution >= 4 is 39.3 Å². The van der Waals surface area contributed by atoms with Crippen LogP contribution in [0.15, 0.2) is 22.7 Å². The van der Waals surface area contributed by atoms with E-state index in [0.717, 1.165) is 22.6 Å². The molecule has 4 heteroatoms. The normalized spacial score (nSPS) is 12.8. The molecule has 0 saturated heterocycles. The number of halogens is 2. The highest BCUT2D eigenvalue weighted by atomic mass is 79.9. The van der Waals surface area contributed by atoms with Crippen molar-refractivity contribution in [2.45, 2.75) is 18.7 Å². The predicted octanol–water partition coefficient (Wildman–Crippen LogP) is 3.94. The van der Waals surface area contributed by atoms with Crippen LogP contribution in [0.1, 0.15) is 12.5 Å². The lowest BCUT2D eigenvalue weighted by atomic mass is 10.2. The lowest BCUT2D eigenvalue weighted by molar-refractivity contribution is 0.683. The molecular weight excluding hydrogens is 294 g/mol. The average molecular weight is 309 g/mol. The molecule has 1 rings (SSSR count). The topological polar surface area (TPSA) is 12.0 Å². The zero-order chi connectivity index (χ0) is 11.3. The molecule has 1 nitrogen and oxygen atoms in total. The number of thioether (sulfide) groups is 1. The molecule has 1 aromatic rings. The van der Waals surface area contributed by atoms with E-state index >= 15 is 0 Å². The first kappa shape index (κ1) is 13.4. The van der Waals surface area contributed by atoms with Crippen LogP contribution in [0.25, 0.3) is 0 Å². The Balaban J connectivity index is 2.46. The Kier molecular flexibility index (Phi) is 6.05. The number of hydrogen-bond acceptors (Lipinski definition) is 2. The van der Waals surface area contributed by atoms with Gasteiger partial charge in [0.25, 0.3) is 0 Å². The zero-order valence-corrected chi connectivity index (χ0v) is 12.0. The molecule has 0 heterocycles. The van der Waals surface area contributed by atoms with Gasteiger partial charge in [0.1, 0.15) is 0 Å². The second kappa shape index (κ2) is 6.79. The van der Waals surface area contributed by atoms with Crippen molar-refractivity contribution in [3.05, 3.63) is 33.3 Å². The van der Waals surface area contributed by atoms with E-state index in [4.69, 9.17) is 11.6 Å². The van der Waals surface area contributed by atoms with Crippen molar-refractivity contribution in [3.8, 4) is 0 Å². The minimum atomic E-state index is 0.642. The smallest absolute Gasteiger partial charge is 0.0410 e. The van der Waals surface area contributed by atoms with Crippen LogP contribution in [-0.2, 0) is 6.54 Å². The Morgan fingerprint density at radius 1 is 1.53 bits per heavy atom. The summed E-state index contributed by atoms with van der Waals surface area (Å²) in [5.41, 5.74) is 1.20. The molecule has 0 aliphatic carbocycles. The molecule has 1 unspecified atom stereocenters. The Morgan fingerprint density at radius 3 is 2.93 bits per heavy atom. The first-order valence-electron chi connectivity index (χ1n) is 4.81. The second-order valence-corrected chi connectivity index (χ2v) is 5.98. The molecule has 1 aromatic carbocycles. The first-order chi connectivity index (χ1) is 7.13. The van der Waals surface area contributed by atoms with Gasteiger partial charge in [0, 0.05) is 27.8 Å². The third kappa shape index (κ3) is 4.77. The molecule has 0 aromatic heterocycles. The van der Waals surface area contributed by atoms with Crippen molar-refractivity contribution in [1.82, 2.24) is 5.32 Å². The van der Waals surface area contributed by atoms with Gasteiger partial charge >= 0.3 is 0 Å². The molecule has 1 N–H and O–H groups in total. The van der Waals surface area contributed by atoms with Gasteiger partial charge in [-0.15, -0.1) is 0 Å². The van der Waals surface area contributed by atoms with Gasteiger partial charge in [0.2, 0.25) is 0 Å². The van der Waals surface area contributed by atoms with Gasteiger partial charge in [0.15, 0.2) is 0 Å². The van der Waals surface area contributed by atoms with Gasteiger partial charge in [-0.05, 0) is 30.0 Å². The van der Waals surface area contributed by atoms with Crippen LogP contribution in [-0.4, -0.2) is 18.1 Å². The minimum Gasteiger partial charge on any atom is -0.312 e. The third-order valence-corrected chi connectivity index (χ3v) is 4.14. The summed E-state index contributed by atoms with van der Waals surface area (Å²) in [7, 11) is 0. The van der Waals surface area contributed by atoms with Crippen LogP contribution in [0.2, 0.25) is 5.02 Å². The van der Waals surface area contributed by atoms with E-state index in [2.05, 4.69) is 34.4 Å². The molecular formula is C11H15BrClNS. The van der Waals surface area contributed by atoms with Gasteiger partial charge in [-0.2, -0.15) is 11.8 Å². The SMILES string of the molecule is CSC(C)CNCc1cc(Cl)ccc1Br. The zero-order valence-electron chi connectivity index (χ0n) is 8.89. The maximum Gasteiger partial charge on any atom is 0.0410 e. The van der Waals surface area contributed by atoms with Crippen LogP contribution in [0.4, 0.5) is 0 Å². The summed E-state index contributed by atoms with van der Waals surface area (Å²) in [6, 6.07) is 5.86. The van der Waals surface area contributed by atoms with E-state index in [1.807, 2.05) is 30.0 Å². The summed E-state index contributed by atoms with van der Waals surface area (Å²) in [6.07, 6.45) is 2.13. The molecule has 84 valence electrons. The molecule has 0 bridgehead atoms. The largest absolute Gasteiger partial charge is 0.312 e. The summed E-state index contributed by atoms with van der Waals surface area (Å²) < 4.78 is 1.11. The lowest BCUT2D eigenvalue weighted by Gasteiger charge is -2.11. The van der Waals surface area contributed by atoms with Gasteiger partial charge < -0.3 is 5.32 Å². The Morgan fingerprint density at radius 2 is 2.27 bits per heavy atom. The number of nitrogens with one attached hydrogen (secondary N) is 1. The van der Waals surface area contributed by atoms with Crippen LogP contribution in [0, 0.1) is 0 Å². The fourth-order valence-electron chi connectivity index (χ4n) is 1.17. The van der Waals surface area contributed by atoms with E-state index in [1.54, 1.807) is 0 Å². The van der Waals surface area contributed by atoms with E-state index in [9.17, 15) is 0 Å². The van der Waals surface area contributed by atoms with Crippen molar-refractivity contribution < 1.29 is 0 Å². The van der Waals surface area contributed by atoms with Crippen LogP contribution in [0.3, 0.4) is 0 Å². The van der Waals surface area contributed by atoms with Crippen LogP contribution in [0.5, 0.6) is 0 Å². The van der Waals surface area contributed by atoms with E-state index < -0.39 is 0 Å². The van der Waals surface area contributed by atoms with Gasteiger partial charge in [-0.3, -0.25) is 0 Å².